The topological polar surface area (TPSA) is 92.8 Å². The highest BCUT2D eigenvalue weighted by Crippen LogP contribution is 2.38. The fourth-order valence-corrected chi connectivity index (χ4v) is 3.09. The van der Waals surface area contributed by atoms with E-state index in [0.717, 1.165) is 24.2 Å². The minimum Gasteiger partial charge on any atom is -0.453 e. The van der Waals surface area contributed by atoms with Crippen LogP contribution in [0.3, 0.4) is 0 Å². The van der Waals surface area contributed by atoms with Crippen LogP contribution in [0.1, 0.15) is 46.5 Å². The van der Waals surface area contributed by atoms with E-state index in [0.29, 0.717) is 6.42 Å². The van der Waals surface area contributed by atoms with Gasteiger partial charge in [0.25, 0.3) is 5.91 Å². The summed E-state index contributed by atoms with van der Waals surface area (Å²) in [6.07, 6.45) is 2.48. The number of nitrogens with one attached hydrogen (secondary N) is 1. The summed E-state index contributed by atoms with van der Waals surface area (Å²) in [5, 5.41) is 2.76. The quantitative estimate of drug-likeness (QED) is 0.618. The van der Waals surface area contributed by atoms with Gasteiger partial charge in [0.2, 0.25) is 0 Å². The van der Waals surface area contributed by atoms with Gasteiger partial charge < -0.3 is 10.1 Å². The maximum atomic E-state index is 12.6. The highest BCUT2D eigenvalue weighted by molar-refractivity contribution is 6.09. The van der Waals surface area contributed by atoms with Crippen molar-refractivity contribution in [2.24, 2.45) is 5.92 Å². The monoisotopic (exact) mass is 310 g/mol. The van der Waals surface area contributed by atoms with Gasteiger partial charge in [0.1, 0.15) is 12.1 Å². The number of hydrogen-bond donors (Lipinski definition) is 1. The van der Waals surface area contributed by atoms with Gasteiger partial charge in [0.15, 0.2) is 11.9 Å². The first-order chi connectivity index (χ1) is 10.3. The van der Waals surface area contributed by atoms with Crippen molar-refractivity contribution < 1.29 is 23.9 Å². The Hall–Kier alpha value is -1.92. The molecule has 1 spiro atoms. The first-order valence-corrected chi connectivity index (χ1v) is 7.62. The molecule has 0 aromatic carbocycles. The van der Waals surface area contributed by atoms with Gasteiger partial charge >= 0.3 is 12.0 Å². The molecule has 1 saturated heterocycles. The summed E-state index contributed by atoms with van der Waals surface area (Å²) in [6.45, 7) is 4.24. The van der Waals surface area contributed by atoms with E-state index in [1.54, 1.807) is 0 Å². The van der Waals surface area contributed by atoms with Gasteiger partial charge in [-0.15, -0.1) is 0 Å². The zero-order valence-corrected chi connectivity index (χ0v) is 13.2. The van der Waals surface area contributed by atoms with E-state index in [1.807, 2.05) is 6.92 Å². The van der Waals surface area contributed by atoms with Crippen LogP contribution in [0, 0.1) is 5.92 Å². The van der Waals surface area contributed by atoms with Crippen molar-refractivity contribution in [3.05, 3.63) is 0 Å². The van der Waals surface area contributed by atoms with Crippen LogP contribution in [0.2, 0.25) is 0 Å². The number of rotatable bonds is 4. The summed E-state index contributed by atoms with van der Waals surface area (Å²) in [7, 11) is 0. The van der Waals surface area contributed by atoms with E-state index in [1.165, 1.54) is 13.8 Å². The molecule has 2 rings (SSSR count). The summed E-state index contributed by atoms with van der Waals surface area (Å²) in [5.41, 5.74) is -0.887. The molecule has 2 aliphatic rings. The second-order valence-electron chi connectivity index (χ2n) is 6.18. The summed E-state index contributed by atoms with van der Waals surface area (Å²) >= 11 is 0. The number of carbonyl (C=O) groups is 4. The standard InChI is InChI=1S/C15H22N2O5/c1-9-6-4-5-7-15(9)13(20)17(14(21)16-15)8-12(19)22-11(3)10(2)18/h9,11H,4-8H2,1-3H3,(H,16,21)/t9-,11+,15+/m0/s1. The molecule has 2 fully saturated rings. The van der Waals surface area contributed by atoms with Crippen LogP contribution in [0.15, 0.2) is 0 Å². The first kappa shape index (κ1) is 16.5. The lowest BCUT2D eigenvalue weighted by molar-refractivity contribution is -0.155. The van der Waals surface area contributed by atoms with Gasteiger partial charge in [-0.2, -0.15) is 0 Å². The van der Waals surface area contributed by atoms with Crippen LogP contribution in [0.4, 0.5) is 4.79 Å². The second-order valence-corrected chi connectivity index (χ2v) is 6.18. The molecule has 22 heavy (non-hydrogen) atoms. The van der Waals surface area contributed by atoms with Crippen molar-refractivity contribution in [2.45, 2.75) is 58.1 Å². The van der Waals surface area contributed by atoms with Crippen molar-refractivity contribution in [1.29, 1.82) is 0 Å². The number of hydrogen-bond acceptors (Lipinski definition) is 5. The number of amides is 3. The Labute approximate surface area is 129 Å². The molecule has 7 nitrogen and oxygen atoms in total. The van der Waals surface area contributed by atoms with Crippen molar-refractivity contribution in [2.75, 3.05) is 6.54 Å². The molecule has 0 aromatic rings. The molecule has 1 saturated carbocycles. The van der Waals surface area contributed by atoms with Crippen LogP contribution in [0.5, 0.6) is 0 Å². The average molecular weight is 310 g/mol. The zero-order chi connectivity index (χ0) is 16.5. The largest absolute Gasteiger partial charge is 0.453 e. The lowest BCUT2D eigenvalue weighted by Gasteiger charge is -2.36. The fraction of sp³-hybridized carbons (Fsp3) is 0.733. The zero-order valence-electron chi connectivity index (χ0n) is 13.2. The van der Waals surface area contributed by atoms with Crippen molar-refractivity contribution in [1.82, 2.24) is 10.2 Å². The van der Waals surface area contributed by atoms with E-state index in [9.17, 15) is 19.2 Å². The molecule has 1 aliphatic carbocycles. The number of urea groups is 1. The number of ketones is 1. The van der Waals surface area contributed by atoms with Crippen molar-refractivity contribution in [3.63, 3.8) is 0 Å². The predicted molar refractivity (Wildman–Crippen MR) is 76.8 cm³/mol. The second kappa shape index (κ2) is 6.06. The number of carbonyl (C=O) groups excluding carboxylic acids is 4. The SMILES string of the molecule is CC(=O)[C@@H](C)OC(=O)CN1C(=O)N[C@@]2(CCCC[C@@H]2C)C1=O. The molecule has 3 amide bonds. The molecular formula is C15H22N2O5. The van der Waals surface area contributed by atoms with Crippen LogP contribution in [0.25, 0.3) is 0 Å². The Morgan fingerprint density at radius 3 is 2.68 bits per heavy atom. The molecule has 0 unspecified atom stereocenters. The van der Waals surface area contributed by atoms with Gasteiger partial charge in [0, 0.05) is 0 Å². The number of esters is 1. The highest BCUT2D eigenvalue weighted by Gasteiger charge is 2.55. The van der Waals surface area contributed by atoms with Crippen LogP contribution in [-0.2, 0) is 19.1 Å². The maximum Gasteiger partial charge on any atom is 0.326 e. The maximum absolute atomic E-state index is 12.6. The number of Topliss-reactive ketones (excluding diaryl/α,β-unsaturated/α-hetero) is 1. The Kier molecular flexibility index (Phi) is 4.53. The summed E-state index contributed by atoms with van der Waals surface area (Å²) in [6, 6.07) is -0.564. The van der Waals surface area contributed by atoms with E-state index in [-0.39, 0.29) is 17.6 Å². The third kappa shape index (κ3) is 2.84. The molecule has 0 radical (unpaired) electrons. The molecule has 122 valence electrons. The molecule has 1 aliphatic heterocycles. The minimum absolute atomic E-state index is 0.0369. The number of nitrogens with zero attached hydrogens (tertiary/aromatic N) is 1. The lowest BCUT2D eigenvalue weighted by Crippen LogP contribution is -2.54. The van der Waals surface area contributed by atoms with Crippen LogP contribution in [-0.4, -0.2) is 46.8 Å². The lowest BCUT2D eigenvalue weighted by atomic mass is 9.73. The molecule has 0 bridgehead atoms. The van der Waals surface area contributed by atoms with Gasteiger partial charge in [-0.05, 0) is 32.6 Å². The smallest absolute Gasteiger partial charge is 0.326 e. The van der Waals surface area contributed by atoms with Gasteiger partial charge in [0.05, 0.1) is 0 Å². The molecular weight excluding hydrogens is 288 g/mol. The van der Waals surface area contributed by atoms with E-state index in [2.05, 4.69) is 5.32 Å². The molecule has 1 N–H and O–H groups in total. The first-order valence-electron chi connectivity index (χ1n) is 7.62. The van der Waals surface area contributed by atoms with Crippen LogP contribution >= 0.6 is 0 Å². The summed E-state index contributed by atoms with van der Waals surface area (Å²) in [5.74, 6) is -1.37. The Balaban J connectivity index is 2.06. The minimum atomic E-state index is -0.887. The Bertz CT molecular complexity index is 518. The average Bonchev–Trinajstić information content (AvgIpc) is 2.67. The van der Waals surface area contributed by atoms with Crippen molar-refractivity contribution >= 4 is 23.7 Å². The van der Waals surface area contributed by atoms with Crippen LogP contribution < -0.4 is 5.32 Å². The van der Waals surface area contributed by atoms with Gasteiger partial charge in [-0.25, -0.2) is 4.79 Å². The molecule has 0 aromatic heterocycles. The van der Waals surface area contributed by atoms with Gasteiger partial charge in [-0.1, -0.05) is 19.8 Å². The summed E-state index contributed by atoms with van der Waals surface area (Å²) < 4.78 is 4.91. The normalized spacial score (nSPS) is 29.4. The Morgan fingerprint density at radius 1 is 1.41 bits per heavy atom. The third-order valence-corrected chi connectivity index (χ3v) is 4.67. The summed E-state index contributed by atoms with van der Waals surface area (Å²) in [4.78, 5) is 48.5. The molecule has 3 atom stereocenters. The molecule has 7 heteroatoms. The number of ether oxygens (including phenoxy) is 1. The Morgan fingerprint density at radius 2 is 2.09 bits per heavy atom. The number of imide groups is 1. The predicted octanol–water partition coefficient (Wildman–Crippen LogP) is 1.01. The van der Waals surface area contributed by atoms with E-state index < -0.39 is 30.2 Å². The van der Waals surface area contributed by atoms with Gasteiger partial charge in [-0.3, -0.25) is 19.3 Å². The van der Waals surface area contributed by atoms with Crippen molar-refractivity contribution in [3.8, 4) is 0 Å². The third-order valence-electron chi connectivity index (χ3n) is 4.67. The fourth-order valence-electron chi connectivity index (χ4n) is 3.09. The van der Waals surface area contributed by atoms with E-state index >= 15 is 0 Å². The molecule has 1 heterocycles. The van der Waals surface area contributed by atoms with E-state index in [4.69, 9.17) is 4.74 Å². The highest BCUT2D eigenvalue weighted by atomic mass is 16.5.